The molecule has 0 atom stereocenters. The van der Waals surface area contributed by atoms with Crippen LogP contribution in [0.3, 0.4) is 0 Å². The summed E-state index contributed by atoms with van der Waals surface area (Å²) < 4.78 is 1.88. The summed E-state index contributed by atoms with van der Waals surface area (Å²) in [5.74, 6) is 1.47. The van der Waals surface area contributed by atoms with Gasteiger partial charge in [-0.2, -0.15) is 5.10 Å². The molecule has 7 nitrogen and oxygen atoms in total. The van der Waals surface area contributed by atoms with Crippen LogP contribution in [-0.4, -0.2) is 52.1 Å². The number of aryl methyl sites for hydroxylation is 1. The number of nitrogens with one attached hydrogen (secondary N) is 1. The van der Waals surface area contributed by atoms with E-state index in [-0.39, 0.29) is 5.91 Å². The van der Waals surface area contributed by atoms with E-state index in [1.54, 1.807) is 7.05 Å². The zero-order valence-corrected chi connectivity index (χ0v) is 18.9. The molecule has 1 aliphatic rings. The number of nitrogens with zero attached hydrogens (tertiary/aromatic N) is 5. The first-order chi connectivity index (χ1) is 14.4. The maximum atomic E-state index is 12.0. The Morgan fingerprint density at radius 3 is 2.63 bits per heavy atom. The van der Waals surface area contributed by atoms with Crippen LogP contribution in [0, 0.1) is 0 Å². The first kappa shape index (κ1) is 21.9. The Morgan fingerprint density at radius 1 is 1.27 bits per heavy atom. The maximum Gasteiger partial charge on any atom is 0.222 e. The second kappa shape index (κ2) is 9.78. The van der Waals surface area contributed by atoms with Crippen LogP contribution in [0.25, 0.3) is 0 Å². The molecule has 0 spiro atoms. The van der Waals surface area contributed by atoms with E-state index < -0.39 is 0 Å². The van der Waals surface area contributed by atoms with Crippen LogP contribution in [-0.2, 0) is 31.5 Å². The Hall–Kier alpha value is -2.83. The van der Waals surface area contributed by atoms with Crippen molar-refractivity contribution in [3.05, 3.63) is 52.8 Å². The van der Waals surface area contributed by atoms with E-state index in [2.05, 4.69) is 52.5 Å². The number of likely N-dealkylation sites (tertiary alicyclic amines) is 1. The van der Waals surface area contributed by atoms with Crippen molar-refractivity contribution in [1.29, 1.82) is 0 Å². The molecule has 2 aromatic rings. The lowest BCUT2D eigenvalue weighted by molar-refractivity contribution is -0.128. The predicted molar refractivity (Wildman–Crippen MR) is 120 cm³/mol. The monoisotopic (exact) mass is 410 g/mol. The molecule has 1 aromatic heterocycles. The third-order valence-corrected chi connectivity index (χ3v) is 5.55. The van der Waals surface area contributed by atoms with Gasteiger partial charge in [0.2, 0.25) is 5.91 Å². The molecule has 0 radical (unpaired) electrons. The van der Waals surface area contributed by atoms with Gasteiger partial charge in [-0.25, -0.2) is 0 Å². The number of hydrogen-bond acceptors (Lipinski definition) is 3. The molecule has 2 heterocycles. The van der Waals surface area contributed by atoms with Crippen molar-refractivity contribution < 1.29 is 4.79 Å². The molecule has 1 saturated heterocycles. The average Bonchev–Trinajstić information content (AvgIpc) is 3.28. The summed E-state index contributed by atoms with van der Waals surface area (Å²) in [4.78, 5) is 20.6. The number of aromatic nitrogens is 2. The van der Waals surface area contributed by atoms with Crippen LogP contribution < -0.4 is 5.32 Å². The standard InChI is InChI=1S/C23H34N6O/c1-17(2)22-20(15-28(5)26-22)14-27(4)23(24-3)25-13-18-9-6-7-10-19(18)16-29-12-8-11-21(29)30/h6-7,9-10,15,17H,8,11-14,16H2,1-5H3,(H,24,25). The smallest absolute Gasteiger partial charge is 0.222 e. The third-order valence-electron chi connectivity index (χ3n) is 5.55. The molecule has 0 aliphatic carbocycles. The lowest BCUT2D eigenvalue weighted by atomic mass is 10.1. The van der Waals surface area contributed by atoms with Gasteiger partial charge in [-0.3, -0.25) is 14.5 Å². The topological polar surface area (TPSA) is 65.8 Å². The Bertz CT molecular complexity index is 901. The molecular weight excluding hydrogens is 376 g/mol. The summed E-state index contributed by atoms with van der Waals surface area (Å²) in [6.45, 7) is 7.28. The predicted octanol–water partition coefficient (Wildman–Crippen LogP) is 2.87. The average molecular weight is 411 g/mol. The lowest BCUT2D eigenvalue weighted by Crippen LogP contribution is -2.38. The Balaban J connectivity index is 1.65. The maximum absolute atomic E-state index is 12.0. The SMILES string of the molecule is CN=C(NCc1ccccc1CN1CCCC1=O)N(C)Cc1cn(C)nc1C(C)C. The van der Waals surface area contributed by atoms with Crippen molar-refractivity contribution in [1.82, 2.24) is 24.9 Å². The highest BCUT2D eigenvalue weighted by Crippen LogP contribution is 2.19. The van der Waals surface area contributed by atoms with E-state index in [0.717, 1.165) is 31.2 Å². The van der Waals surface area contributed by atoms with Crippen molar-refractivity contribution >= 4 is 11.9 Å². The van der Waals surface area contributed by atoms with Crippen molar-refractivity contribution in [3.63, 3.8) is 0 Å². The van der Waals surface area contributed by atoms with E-state index in [1.165, 1.54) is 16.7 Å². The number of carbonyl (C=O) groups is 1. The number of aliphatic imine (C=N–C) groups is 1. The van der Waals surface area contributed by atoms with Crippen LogP contribution in [0.4, 0.5) is 0 Å². The number of amides is 1. The zero-order chi connectivity index (χ0) is 21.7. The highest BCUT2D eigenvalue weighted by Gasteiger charge is 2.21. The minimum Gasteiger partial charge on any atom is -0.352 e. The van der Waals surface area contributed by atoms with E-state index in [1.807, 2.05) is 35.8 Å². The van der Waals surface area contributed by atoms with E-state index >= 15 is 0 Å². The highest BCUT2D eigenvalue weighted by molar-refractivity contribution is 5.79. The van der Waals surface area contributed by atoms with Crippen molar-refractivity contribution in [2.75, 3.05) is 20.6 Å². The quantitative estimate of drug-likeness (QED) is 0.563. The fraction of sp³-hybridized carbons (Fsp3) is 0.522. The van der Waals surface area contributed by atoms with Crippen LogP contribution in [0.15, 0.2) is 35.5 Å². The summed E-state index contributed by atoms with van der Waals surface area (Å²) in [5.41, 5.74) is 4.72. The summed E-state index contributed by atoms with van der Waals surface area (Å²) in [6, 6.07) is 8.31. The van der Waals surface area contributed by atoms with Crippen LogP contribution in [0.5, 0.6) is 0 Å². The molecule has 0 bridgehead atoms. The molecule has 1 amide bonds. The molecule has 30 heavy (non-hydrogen) atoms. The van der Waals surface area contributed by atoms with Crippen LogP contribution in [0.2, 0.25) is 0 Å². The van der Waals surface area contributed by atoms with Gasteiger partial charge in [-0.15, -0.1) is 0 Å². The second-order valence-corrected chi connectivity index (χ2v) is 8.31. The number of guanidine groups is 1. The molecule has 3 rings (SSSR count). The Labute approximate surface area is 179 Å². The lowest BCUT2D eigenvalue weighted by Gasteiger charge is -2.23. The third kappa shape index (κ3) is 5.20. The summed E-state index contributed by atoms with van der Waals surface area (Å²) in [6.07, 6.45) is 3.72. The van der Waals surface area contributed by atoms with Crippen molar-refractivity contribution in [3.8, 4) is 0 Å². The Morgan fingerprint density at radius 2 is 2.00 bits per heavy atom. The zero-order valence-electron chi connectivity index (χ0n) is 18.9. The summed E-state index contributed by atoms with van der Waals surface area (Å²) >= 11 is 0. The fourth-order valence-electron chi connectivity index (χ4n) is 4.01. The first-order valence-corrected chi connectivity index (χ1v) is 10.7. The number of benzene rings is 1. The van der Waals surface area contributed by atoms with Gasteiger partial charge < -0.3 is 15.1 Å². The van der Waals surface area contributed by atoms with Gasteiger partial charge in [-0.1, -0.05) is 38.1 Å². The minimum absolute atomic E-state index is 0.255. The van der Waals surface area contributed by atoms with Gasteiger partial charge >= 0.3 is 0 Å². The van der Waals surface area contributed by atoms with E-state index in [0.29, 0.717) is 25.4 Å². The molecule has 0 saturated carbocycles. The molecule has 1 aliphatic heterocycles. The first-order valence-electron chi connectivity index (χ1n) is 10.7. The molecule has 1 N–H and O–H groups in total. The largest absolute Gasteiger partial charge is 0.352 e. The molecule has 1 aromatic carbocycles. The number of hydrogen-bond donors (Lipinski definition) is 1. The number of rotatable bonds is 7. The summed E-state index contributed by atoms with van der Waals surface area (Å²) in [5, 5.41) is 8.09. The van der Waals surface area contributed by atoms with Gasteiger partial charge in [-0.05, 0) is 23.5 Å². The molecule has 0 unspecified atom stereocenters. The normalized spacial score (nSPS) is 14.7. The number of carbonyl (C=O) groups excluding carboxylic acids is 1. The van der Waals surface area contributed by atoms with Gasteiger partial charge in [0.25, 0.3) is 0 Å². The minimum atomic E-state index is 0.255. The second-order valence-electron chi connectivity index (χ2n) is 8.31. The van der Waals surface area contributed by atoms with E-state index in [9.17, 15) is 4.79 Å². The molecular formula is C23H34N6O. The van der Waals surface area contributed by atoms with E-state index in [4.69, 9.17) is 0 Å². The van der Waals surface area contributed by atoms with Crippen LogP contribution in [0.1, 0.15) is 55.0 Å². The van der Waals surface area contributed by atoms with Crippen molar-refractivity contribution in [2.24, 2.45) is 12.0 Å². The Kier molecular flexibility index (Phi) is 7.13. The molecule has 1 fully saturated rings. The van der Waals surface area contributed by atoms with Crippen LogP contribution >= 0.6 is 0 Å². The summed E-state index contributed by atoms with van der Waals surface area (Å²) in [7, 11) is 5.81. The fourth-order valence-corrected chi connectivity index (χ4v) is 4.01. The highest BCUT2D eigenvalue weighted by atomic mass is 16.2. The molecule has 162 valence electrons. The van der Waals surface area contributed by atoms with Gasteiger partial charge in [0.05, 0.1) is 5.69 Å². The van der Waals surface area contributed by atoms with Crippen molar-refractivity contribution in [2.45, 2.75) is 52.2 Å². The van der Waals surface area contributed by atoms with Gasteiger partial charge in [0, 0.05) is 65.5 Å². The van der Waals surface area contributed by atoms with Gasteiger partial charge in [0.1, 0.15) is 0 Å². The molecule has 7 heteroatoms. The van der Waals surface area contributed by atoms with Gasteiger partial charge in [0.15, 0.2) is 5.96 Å².